The molecule has 0 spiro atoms. The molecule has 3 nitrogen and oxygen atoms in total. The molecule has 0 aliphatic rings. The van der Waals surface area contributed by atoms with Gasteiger partial charge in [-0.05, 0) is 33.1 Å². The van der Waals surface area contributed by atoms with Crippen LogP contribution in [-0.4, -0.2) is 13.6 Å². The highest BCUT2D eigenvalue weighted by atomic mass is 16.7. The van der Waals surface area contributed by atoms with Gasteiger partial charge in [0.1, 0.15) is 13.6 Å². The highest BCUT2D eigenvalue weighted by Crippen LogP contribution is 2.27. The minimum atomic E-state index is 0.102. The Balaban J connectivity index is 1.73. The molecule has 27 heavy (non-hydrogen) atoms. The molecule has 0 heterocycles. The number of rotatable bonds is 8. The Morgan fingerprint density at radius 3 is 1.30 bits per heavy atom. The fraction of sp³-hybridized carbons (Fsp3) is 0.500. The van der Waals surface area contributed by atoms with E-state index in [0.29, 0.717) is 13.2 Å². The van der Waals surface area contributed by atoms with Crippen LogP contribution in [0.5, 0.6) is 0 Å². The Kier molecular flexibility index (Phi) is 7.60. The summed E-state index contributed by atoms with van der Waals surface area (Å²) in [6.07, 6.45) is 0. The third kappa shape index (κ3) is 6.76. The van der Waals surface area contributed by atoms with E-state index in [1.54, 1.807) is 0 Å². The first-order chi connectivity index (χ1) is 12.7. The van der Waals surface area contributed by atoms with Crippen LogP contribution in [-0.2, 0) is 38.3 Å². The highest BCUT2D eigenvalue weighted by Gasteiger charge is 2.18. The Labute approximate surface area is 164 Å². The molecule has 0 aliphatic carbocycles. The lowest BCUT2D eigenvalue weighted by Crippen LogP contribution is -2.15. The van der Waals surface area contributed by atoms with Crippen LogP contribution >= 0.6 is 0 Å². The maximum absolute atomic E-state index is 5.68. The average molecular weight is 371 g/mol. The van der Waals surface area contributed by atoms with Crippen molar-refractivity contribution in [1.82, 2.24) is 0 Å². The summed E-state index contributed by atoms with van der Waals surface area (Å²) < 4.78 is 16.9. The summed E-state index contributed by atoms with van der Waals surface area (Å²) >= 11 is 0. The zero-order valence-electron chi connectivity index (χ0n) is 17.7. The van der Waals surface area contributed by atoms with E-state index in [4.69, 9.17) is 14.2 Å². The number of benzene rings is 2. The molecule has 0 saturated carbocycles. The molecule has 3 heteroatoms. The van der Waals surface area contributed by atoms with Crippen LogP contribution in [0.25, 0.3) is 0 Å². The largest absolute Gasteiger partial charge is 0.351 e. The van der Waals surface area contributed by atoms with Crippen molar-refractivity contribution in [3.05, 3.63) is 70.8 Å². The quantitative estimate of drug-likeness (QED) is 0.425. The van der Waals surface area contributed by atoms with Crippen molar-refractivity contribution >= 4 is 0 Å². The predicted octanol–water partition coefficient (Wildman–Crippen LogP) is 5.95. The lowest BCUT2D eigenvalue weighted by Gasteiger charge is -2.23. The number of ether oxygens (including phenoxy) is 3. The van der Waals surface area contributed by atoms with Gasteiger partial charge in [-0.2, -0.15) is 0 Å². The second-order valence-electron chi connectivity index (χ2n) is 8.95. The molecule has 148 valence electrons. The molecule has 0 amide bonds. The fourth-order valence-electron chi connectivity index (χ4n) is 3.21. The van der Waals surface area contributed by atoms with Gasteiger partial charge in [-0.25, -0.2) is 0 Å². The third-order valence-electron chi connectivity index (χ3n) is 4.50. The maximum atomic E-state index is 5.68. The molecular weight excluding hydrogens is 336 g/mol. The van der Waals surface area contributed by atoms with Gasteiger partial charge in [0.25, 0.3) is 0 Å². The van der Waals surface area contributed by atoms with Gasteiger partial charge in [0.05, 0.1) is 13.2 Å². The predicted molar refractivity (Wildman–Crippen MR) is 111 cm³/mol. The monoisotopic (exact) mass is 370 g/mol. The maximum Gasteiger partial charge on any atom is 0.150 e. The molecule has 0 N–H and O–H groups in total. The minimum absolute atomic E-state index is 0.102. The van der Waals surface area contributed by atoms with Gasteiger partial charge >= 0.3 is 0 Å². The zero-order valence-corrected chi connectivity index (χ0v) is 17.7. The summed E-state index contributed by atoms with van der Waals surface area (Å²) in [5.41, 5.74) is 5.22. The van der Waals surface area contributed by atoms with Crippen LogP contribution in [0.2, 0.25) is 0 Å². The van der Waals surface area contributed by atoms with Crippen molar-refractivity contribution in [3.63, 3.8) is 0 Å². The van der Waals surface area contributed by atoms with Gasteiger partial charge in [-0.15, -0.1) is 0 Å². The van der Waals surface area contributed by atoms with Crippen molar-refractivity contribution in [2.75, 3.05) is 13.6 Å². The first kappa shape index (κ1) is 21.6. The lowest BCUT2D eigenvalue weighted by molar-refractivity contribution is -0.139. The van der Waals surface area contributed by atoms with Gasteiger partial charge < -0.3 is 14.2 Å². The SMILES string of the molecule is CC(C)(C)c1ccccc1COCOCOCc1ccccc1C(C)(C)C. The minimum Gasteiger partial charge on any atom is -0.351 e. The van der Waals surface area contributed by atoms with E-state index in [1.165, 1.54) is 22.3 Å². The van der Waals surface area contributed by atoms with Crippen molar-refractivity contribution in [3.8, 4) is 0 Å². The molecule has 0 aromatic heterocycles. The van der Waals surface area contributed by atoms with Crippen molar-refractivity contribution in [2.24, 2.45) is 0 Å². The normalized spacial score (nSPS) is 12.4. The molecule has 0 bridgehead atoms. The molecule has 0 atom stereocenters. The van der Waals surface area contributed by atoms with E-state index in [-0.39, 0.29) is 24.4 Å². The topological polar surface area (TPSA) is 27.7 Å². The molecule has 2 aromatic rings. The number of hydrogen-bond acceptors (Lipinski definition) is 3. The second-order valence-corrected chi connectivity index (χ2v) is 8.95. The van der Waals surface area contributed by atoms with E-state index >= 15 is 0 Å². The molecule has 0 radical (unpaired) electrons. The summed E-state index contributed by atoms with van der Waals surface area (Å²) in [6.45, 7) is 14.8. The Hall–Kier alpha value is -1.68. The first-order valence-corrected chi connectivity index (χ1v) is 9.59. The van der Waals surface area contributed by atoms with Crippen LogP contribution in [0.4, 0.5) is 0 Å². The molecule has 2 aromatic carbocycles. The average Bonchev–Trinajstić information content (AvgIpc) is 2.60. The van der Waals surface area contributed by atoms with Gasteiger partial charge in [-0.1, -0.05) is 90.1 Å². The van der Waals surface area contributed by atoms with Crippen LogP contribution in [0.15, 0.2) is 48.5 Å². The van der Waals surface area contributed by atoms with E-state index in [1.807, 2.05) is 12.1 Å². The zero-order chi connectivity index (χ0) is 19.9. The Bertz CT molecular complexity index is 647. The molecule has 0 aliphatic heterocycles. The third-order valence-corrected chi connectivity index (χ3v) is 4.50. The van der Waals surface area contributed by atoms with Crippen molar-refractivity contribution in [2.45, 2.75) is 65.6 Å². The van der Waals surface area contributed by atoms with E-state index in [9.17, 15) is 0 Å². The van der Waals surface area contributed by atoms with Crippen molar-refractivity contribution < 1.29 is 14.2 Å². The Morgan fingerprint density at radius 1 is 0.556 bits per heavy atom. The van der Waals surface area contributed by atoms with Crippen LogP contribution < -0.4 is 0 Å². The van der Waals surface area contributed by atoms with Crippen LogP contribution in [0.1, 0.15) is 63.8 Å². The molecular formula is C24H34O3. The summed E-state index contributed by atoms with van der Waals surface area (Å²) in [6, 6.07) is 16.8. The van der Waals surface area contributed by atoms with E-state index in [0.717, 1.165) is 0 Å². The molecule has 0 unspecified atom stereocenters. The van der Waals surface area contributed by atoms with E-state index < -0.39 is 0 Å². The summed E-state index contributed by atoms with van der Waals surface area (Å²) in [7, 11) is 0. The molecule has 0 saturated heterocycles. The van der Waals surface area contributed by atoms with Crippen molar-refractivity contribution in [1.29, 1.82) is 0 Å². The van der Waals surface area contributed by atoms with Gasteiger partial charge in [0, 0.05) is 0 Å². The van der Waals surface area contributed by atoms with Gasteiger partial charge in [0.2, 0.25) is 0 Å². The lowest BCUT2D eigenvalue weighted by atomic mass is 9.84. The summed E-state index contributed by atoms with van der Waals surface area (Å²) in [4.78, 5) is 0. The standard InChI is InChI=1S/C24H34O3/c1-23(2,3)21-13-9-7-11-19(21)15-25-17-27-18-26-16-20-12-8-10-14-22(20)24(4,5)6/h7-14H,15-18H2,1-6H3. The van der Waals surface area contributed by atoms with Gasteiger partial charge in [0.15, 0.2) is 0 Å². The van der Waals surface area contributed by atoms with Crippen LogP contribution in [0, 0.1) is 0 Å². The van der Waals surface area contributed by atoms with E-state index in [2.05, 4.69) is 77.9 Å². The fourth-order valence-corrected chi connectivity index (χ4v) is 3.21. The Morgan fingerprint density at radius 2 is 0.926 bits per heavy atom. The van der Waals surface area contributed by atoms with Gasteiger partial charge in [-0.3, -0.25) is 0 Å². The molecule has 2 rings (SSSR count). The van der Waals surface area contributed by atoms with Crippen LogP contribution in [0.3, 0.4) is 0 Å². The summed E-state index contributed by atoms with van der Waals surface area (Å²) in [5.74, 6) is 0. The second kappa shape index (κ2) is 9.50. The first-order valence-electron chi connectivity index (χ1n) is 9.59. The highest BCUT2D eigenvalue weighted by molar-refractivity contribution is 5.33. The summed E-state index contributed by atoms with van der Waals surface area (Å²) in [5, 5.41) is 0. The smallest absolute Gasteiger partial charge is 0.150 e. The number of hydrogen-bond donors (Lipinski definition) is 0. The molecule has 0 fully saturated rings.